The van der Waals surface area contributed by atoms with Gasteiger partial charge in [0.1, 0.15) is 5.82 Å². The average molecular weight is 195 g/mol. The Bertz CT molecular complexity index is 254. The summed E-state index contributed by atoms with van der Waals surface area (Å²) in [4.78, 5) is 7.35. The Balaban J connectivity index is 3.21. The van der Waals surface area contributed by atoms with E-state index >= 15 is 0 Å². The van der Waals surface area contributed by atoms with E-state index in [1.54, 1.807) is 0 Å². The van der Waals surface area contributed by atoms with Crippen LogP contribution in [-0.2, 0) is 5.88 Å². The molecule has 0 aliphatic rings. The molecule has 0 fully saturated rings. The molecule has 2 nitrogen and oxygen atoms in total. The zero-order valence-corrected chi connectivity index (χ0v) is 7.25. The monoisotopic (exact) mass is 194 g/mol. The van der Waals surface area contributed by atoms with Crippen molar-refractivity contribution in [1.82, 2.24) is 9.97 Å². The molecule has 11 heavy (non-hydrogen) atoms. The van der Waals surface area contributed by atoms with Crippen LogP contribution in [0.1, 0.15) is 11.5 Å². The summed E-state index contributed by atoms with van der Waals surface area (Å²) in [5.74, 6) is -0.1000. The lowest BCUT2D eigenvalue weighted by Gasteiger charge is -1.99. The van der Waals surface area contributed by atoms with Crippen LogP contribution in [0.5, 0.6) is 0 Å². The fourth-order valence-corrected chi connectivity index (χ4v) is 0.993. The minimum Gasteiger partial charge on any atom is -0.234 e. The third-order valence-corrected chi connectivity index (χ3v) is 1.63. The first-order valence-corrected chi connectivity index (χ1v) is 3.81. The van der Waals surface area contributed by atoms with Gasteiger partial charge in [-0.2, -0.15) is 0 Å². The summed E-state index contributed by atoms with van der Waals surface area (Å²) in [7, 11) is 0. The molecule has 0 amide bonds. The summed E-state index contributed by atoms with van der Waals surface area (Å²) < 4.78 is 12.7. The van der Waals surface area contributed by atoms with E-state index in [9.17, 15) is 4.39 Å². The van der Waals surface area contributed by atoms with E-state index in [2.05, 4.69) is 9.97 Å². The zero-order chi connectivity index (χ0) is 8.43. The predicted molar refractivity (Wildman–Crippen MR) is 41.3 cm³/mol. The molecule has 0 atom stereocenters. The standard InChI is InChI=1S/C6H5Cl2FN2/c1-3-5(9)6(8)11-4(2-7)10-3/h2H2,1H3. The molecular weight excluding hydrogens is 190 g/mol. The lowest BCUT2D eigenvalue weighted by Crippen LogP contribution is -1.98. The fraction of sp³-hybridized carbons (Fsp3) is 0.333. The van der Waals surface area contributed by atoms with E-state index in [0.29, 0.717) is 5.82 Å². The second-order valence-corrected chi connectivity index (χ2v) is 2.59. The lowest BCUT2D eigenvalue weighted by atomic mass is 10.4. The maximum atomic E-state index is 12.7. The molecule has 1 heterocycles. The highest BCUT2D eigenvalue weighted by molar-refractivity contribution is 6.29. The van der Waals surface area contributed by atoms with Gasteiger partial charge in [0.2, 0.25) is 0 Å². The summed E-state index contributed by atoms with van der Waals surface area (Å²) in [6.07, 6.45) is 0. The first-order chi connectivity index (χ1) is 5.15. The predicted octanol–water partition coefficient (Wildman–Crippen LogP) is 2.32. The number of rotatable bonds is 1. The summed E-state index contributed by atoms with van der Waals surface area (Å²) >= 11 is 10.8. The van der Waals surface area contributed by atoms with Gasteiger partial charge in [-0.1, -0.05) is 11.6 Å². The normalized spacial score (nSPS) is 10.2. The molecule has 0 saturated heterocycles. The Morgan fingerprint density at radius 1 is 1.45 bits per heavy atom. The van der Waals surface area contributed by atoms with E-state index in [1.165, 1.54) is 6.92 Å². The maximum absolute atomic E-state index is 12.7. The van der Waals surface area contributed by atoms with Crippen LogP contribution in [0.3, 0.4) is 0 Å². The summed E-state index contributed by atoms with van der Waals surface area (Å²) in [6.45, 7) is 1.51. The van der Waals surface area contributed by atoms with E-state index < -0.39 is 5.82 Å². The number of alkyl halides is 1. The zero-order valence-electron chi connectivity index (χ0n) is 5.74. The number of nitrogens with zero attached hydrogens (tertiary/aromatic N) is 2. The first kappa shape index (κ1) is 8.68. The molecule has 0 saturated carbocycles. The Labute approximate surface area is 73.4 Å². The summed E-state index contributed by atoms with van der Waals surface area (Å²) in [6, 6.07) is 0. The van der Waals surface area contributed by atoms with Crippen LogP contribution in [0.15, 0.2) is 0 Å². The van der Waals surface area contributed by atoms with Gasteiger partial charge in [-0.15, -0.1) is 11.6 Å². The second-order valence-electron chi connectivity index (χ2n) is 1.96. The van der Waals surface area contributed by atoms with Gasteiger partial charge in [0, 0.05) is 0 Å². The molecule has 0 N–H and O–H groups in total. The maximum Gasteiger partial charge on any atom is 0.181 e. The van der Waals surface area contributed by atoms with Gasteiger partial charge in [0.25, 0.3) is 0 Å². The van der Waals surface area contributed by atoms with Crippen LogP contribution in [0, 0.1) is 12.7 Å². The van der Waals surface area contributed by atoms with Gasteiger partial charge in [0.05, 0.1) is 11.6 Å². The lowest BCUT2D eigenvalue weighted by molar-refractivity contribution is 0.598. The Kier molecular flexibility index (Phi) is 2.62. The first-order valence-electron chi connectivity index (χ1n) is 2.89. The highest BCUT2D eigenvalue weighted by Crippen LogP contribution is 2.14. The van der Waals surface area contributed by atoms with Crippen molar-refractivity contribution in [1.29, 1.82) is 0 Å². The van der Waals surface area contributed by atoms with Crippen LogP contribution in [-0.4, -0.2) is 9.97 Å². The second kappa shape index (κ2) is 3.32. The molecule has 1 rings (SSSR count). The van der Waals surface area contributed by atoms with Crippen LogP contribution in [0.25, 0.3) is 0 Å². The minimum atomic E-state index is -0.583. The van der Waals surface area contributed by atoms with E-state index in [-0.39, 0.29) is 16.7 Å². The van der Waals surface area contributed by atoms with Crippen LogP contribution in [0.2, 0.25) is 5.15 Å². The highest BCUT2D eigenvalue weighted by atomic mass is 35.5. The topological polar surface area (TPSA) is 25.8 Å². The molecule has 5 heteroatoms. The number of halogens is 3. The minimum absolute atomic E-state index is 0.140. The van der Waals surface area contributed by atoms with Crippen molar-refractivity contribution < 1.29 is 4.39 Å². The molecule has 1 aromatic heterocycles. The Hall–Kier alpha value is -0.410. The number of hydrogen-bond donors (Lipinski definition) is 0. The number of hydrogen-bond acceptors (Lipinski definition) is 2. The van der Waals surface area contributed by atoms with Gasteiger partial charge in [-0.25, -0.2) is 14.4 Å². The molecule has 0 bridgehead atoms. The molecule has 0 aliphatic heterocycles. The molecule has 0 radical (unpaired) electrons. The molecule has 0 unspecified atom stereocenters. The van der Waals surface area contributed by atoms with Gasteiger partial charge in [-0.05, 0) is 6.92 Å². The largest absolute Gasteiger partial charge is 0.234 e. The van der Waals surface area contributed by atoms with E-state index in [1.807, 2.05) is 0 Å². The third kappa shape index (κ3) is 1.79. The quantitative estimate of drug-likeness (QED) is 0.507. The average Bonchev–Trinajstić information content (AvgIpc) is 1.99. The van der Waals surface area contributed by atoms with Crippen molar-refractivity contribution in [2.75, 3.05) is 0 Å². The van der Waals surface area contributed by atoms with Gasteiger partial charge in [0.15, 0.2) is 11.0 Å². The summed E-state index contributed by atoms with van der Waals surface area (Å²) in [5.41, 5.74) is 0.223. The molecule has 0 spiro atoms. The smallest absolute Gasteiger partial charge is 0.181 e. The molecule has 0 aliphatic carbocycles. The number of aryl methyl sites for hydroxylation is 1. The van der Waals surface area contributed by atoms with Crippen molar-refractivity contribution in [3.8, 4) is 0 Å². The van der Waals surface area contributed by atoms with Crippen LogP contribution < -0.4 is 0 Å². The van der Waals surface area contributed by atoms with Gasteiger partial charge >= 0.3 is 0 Å². The molecule has 1 aromatic rings. The third-order valence-electron chi connectivity index (χ3n) is 1.14. The van der Waals surface area contributed by atoms with E-state index in [0.717, 1.165) is 0 Å². The van der Waals surface area contributed by atoms with Crippen molar-refractivity contribution in [2.45, 2.75) is 12.8 Å². The molecular formula is C6H5Cl2FN2. The van der Waals surface area contributed by atoms with Gasteiger partial charge < -0.3 is 0 Å². The fourth-order valence-electron chi connectivity index (χ4n) is 0.639. The van der Waals surface area contributed by atoms with Crippen molar-refractivity contribution in [3.05, 3.63) is 22.5 Å². The van der Waals surface area contributed by atoms with Crippen LogP contribution >= 0.6 is 23.2 Å². The van der Waals surface area contributed by atoms with Crippen LogP contribution in [0.4, 0.5) is 4.39 Å². The number of aromatic nitrogens is 2. The summed E-state index contributed by atoms with van der Waals surface area (Å²) in [5, 5.41) is -0.173. The van der Waals surface area contributed by atoms with Gasteiger partial charge in [-0.3, -0.25) is 0 Å². The highest BCUT2D eigenvalue weighted by Gasteiger charge is 2.07. The van der Waals surface area contributed by atoms with Crippen molar-refractivity contribution in [3.63, 3.8) is 0 Å². The molecule has 0 aromatic carbocycles. The SMILES string of the molecule is Cc1nc(CCl)nc(Cl)c1F. The molecule has 60 valence electrons. The van der Waals surface area contributed by atoms with E-state index in [4.69, 9.17) is 23.2 Å². The van der Waals surface area contributed by atoms with Crippen molar-refractivity contribution >= 4 is 23.2 Å². The Morgan fingerprint density at radius 3 is 2.55 bits per heavy atom. The van der Waals surface area contributed by atoms with Crippen molar-refractivity contribution in [2.24, 2.45) is 0 Å². The Morgan fingerprint density at radius 2 is 2.09 bits per heavy atom.